The van der Waals surface area contributed by atoms with Crippen LogP contribution in [0.2, 0.25) is 0 Å². The van der Waals surface area contributed by atoms with Crippen molar-refractivity contribution in [2.24, 2.45) is 0 Å². The second-order valence-electron chi connectivity index (χ2n) is 4.84. The van der Waals surface area contributed by atoms with Crippen molar-refractivity contribution in [1.82, 2.24) is 15.3 Å². The number of carbonyl (C=O) groups excluding carboxylic acids is 1. The highest BCUT2D eigenvalue weighted by molar-refractivity contribution is 7.09. The van der Waals surface area contributed by atoms with Crippen molar-refractivity contribution >= 4 is 23.1 Å². The predicted octanol–water partition coefficient (Wildman–Crippen LogP) is 2.75. The molecule has 0 bridgehead atoms. The molecule has 0 fully saturated rings. The Labute approximate surface area is 139 Å². The maximum absolute atomic E-state index is 12.1. The van der Waals surface area contributed by atoms with Crippen LogP contribution >= 0.6 is 11.3 Å². The molecule has 2 rings (SSSR count). The predicted molar refractivity (Wildman–Crippen MR) is 89.0 cm³/mol. The number of ether oxygens (including phenoxy) is 2. The summed E-state index contributed by atoms with van der Waals surface area (Å²) < 4.78 is 10.4. The maximum atomic E-state index is 12.1. The number of anilines is 1. The highest BCUT2D eigenvalue weighted by atomic mass is 32.1. The summed E-state index contributed by atoms with van der Waals surface area (Å²) in [5.74, 6) is 0.359. The second-order valence-corrected chi connectivity index (χ2v) is 5.73. The van der Waals surface area contributed by atoms with Gasteiger partial charge in [0.1, 0.15) is 17.3 Å². The lowest BCUT2D eigenvalue weighted by molar-refractivity contribution is 0.144. The molecule has 2 heterocycles. The lowest BCUT2D eigenvalue weighted by Crippen LogP contribution is -2.31. The molecule has 0 spiro atoms. The third-order valence-electron chi connectivity index (χ3n) is 2.90. The summed E-state index contributed by atoms with van der Waals surface area (Å²) in [5, 5.41) is 8.40. The molecule has 0 saturated heterocycles. The number of nitrogens with one attached hydrogen (secondary N) is 2. The number of carbonyl (C=O) groups is 1. The minimum absolute atomic E-state index is 0.178. The number of methoxy groups -OCH3 is 1. The van der Waals surface area contributed by atoms with Gasteiger partial charge in [-0.1, -0.05) is 0 Å². The molecule has 0 radical (unpaired) electrons. The van der Waals surface area contributed by atoms with E-state index >= 15 is 0 Å². The van der Waals surface area contributed by atoms with Gasteiger partial charge in [-0.3, -0.25) is 0 Å². The van der Waals surface area contributed by atoms with Gasteiger partial charge in [0.05, 0.1) is 12.6 Å². The highest BCUT2D eigenvalue weighted by Crippen LogP contribution is 2.21. The third-order valence-corrected chi connectivity index (χ3v) is 4.05. The molecule has 0 aromatic carbocycles. The van der Waals surface area contributed by atoms with E-state index in [2.05, 4.69) is 20.6 Å². The molecule has 2 aromatic rings. The minimum Gasteiger partial charge on any atom is -0.474 e. The van der Waals surface area contributed by atoms with Crippen LogP contribution < -0.4 is 15.4 Å². The summed E-state index contributed by atoms with van der Waals surface area (Å²) in [5.41, 5.74) is 1.45. The van der Waals surface area contributed by atoms with Crippen LogP contribution in [0.25, 0.3) is 0 Å². The van der Waals surface area contributed by atoms with E-state index in [0.717, 1.165) is 10.7 Å². The van der Waals surface area contributed by atoms with Gasteiger partial charge in [0, 0.05) is 24.4 Å². The van der Waals surface area contributed by atoms with Crippen LogP contribution in [0, 0.1) is 6.92 Å². The largest absolute Gasteiger partial charge is 0.474 e. The Morgan fingerprint density at radius 3 is 2.96 bits per heavy atom. The molecule has 23 heavy (non-hydrogen) atoms. The van der Waals surface area contributed by atoms with E-state index in [0.29, 0.717) is 24.8 Å². The topological polar surface area (TPSA) is 85.4 Å². The molecule has 2 aromatic heterocycles. The van der Waals surface area contributed by atoms with Crippen molar-refractivity contribution in [2.75, 3.05) is 25.6 Å². The van der Waals surface area contributed by atoms with E-state index in [9.17, 15) is 4.79 Å². The second kappa shape index (κ2) is 8.44. The third kappa shape index (κ3) is 5.19. The van der Waals surface area contributed by atoms with Crippen molar-refractivity contribution in [3.8, 4) is 5.88 Å². The molecule has 0 aliphatic carbocycles. The number of amides is 2. The standard InChI is InChI=1S/C15H20N4O3S/c1-10-9-23-14(17-10)11(2)18-15(20)19-12-5-4-6-16-13(12)22-8-7-21-3/h4-6,9,11H,7-8H2,1-3H3,(H2,18,19,20)/t11-/m1/s1. The highest BCUT2D eigenvalue weighted by Gasteiger charge is 2.14. The fourth-order valence-electron chi connectivity index (χ4n) is 1.81. The number of hydrogen-bond donors (Lipinski definition) is 2. The molecule has 124 valence electrons. The molecular weight excluding hydrogens is 316 g/mol. The first-order chi connectivity index (χ1) is 11.1. The number of pyridine rings is 1. The van der Waals surface area contributed by atoms with Gasteiger partial charge in [0.15, 0.2) is 0 Å². The van der Waals surface area contributed by atoms with Crippen molar-refractivity contribution in [3.05, 3.63) is 34.4 Å². The van der Waals surface area contributed by atoms with Crippen LogP contribution in [0.1, 0.15) is 23.7 Å². The fourth-order valence-corrected chi connectivity index (χ4v) is 2.61. The van der Waals surface area contributed by atoms with Gasteiger partial charge in [-0.25, -0.2) is 14.8 Å². The van der Waals surface area contributed by atoms with E-state index in [1.54, 1.807) is 25.4 Å². The van der Waals surface area contributed by atoms with Crippen molar-refractivity contribution in [3.63, 3.8) is 0 Å². The van der Waals surface area contributed by atoms with E-state index in [1.165, 1.54) is 11.3 Å². The number of urea groups is 1. The molecule has 0 aliphatic heterocycles. The zero-order chi connectivity index (χ0) is 16.7. The van der Waals surface area contributed by atoms with Crippen LogP contribution in [0.5, 0.6) is 5.88 Å². The summed E-state index contributed by atoms with van der Waals surface area (Å²) >= 11 is 1.52. The number of thiazole rings is 1. The fraction of sp³-hybridized carbons (Fsp3) is 0.400. The summed E-state index contributed by atoms with van der Waals surface area (Å²) in [7, 11) is 1.59. The SMILES string of the molecule is COCCOc1ncccc1NC(=O)N[C@H](C)c1nc(C)cs1. The number of aryl methyl sites for hydroxylation is 1. The Hall–Kier alpha value is -2.19. The van der Waals surface area contributed by atoms with E-state index in [4.69, 9.17) is 9.47 Å². The molecule has 2 amide bonds. The van der Waals surface area contributed by atoms with Gasteiger partial charge in [-0.2, -0.15) is 0 Å². The van der Waals surface area contributed by atoms with Crippen LogP contribution in [0.3, 0.4) is 0 Å². The number of hydrogen-bond acceptors (Lipinski definition) is 6. The summed E-state index contributed by atoms with van der Waals surface area (Å²) in [6.45, 7) is 4.62. The lowest BCUT2D eigenvalue weighted by atomic mass is 10.3. The van der Waals surface area contributed by atoms with Gasteiger partial charge < -0.3 is 20.1 Å². The summed E-state index contributed by atoms with van der Waals surface area (Å²) in [6.07, 6.45) is 1.60. The summed E-state index contributed by atoms with van der Waals surface area (Å²) in [6, 6.07) is 2.94. The molecule has 8 heteroatoms. The van der Waals surface area contributed by atoms with E-state index in [1.807, 2.05) is 19.2 Å². The molecule has 2 N–H and O–H groups in total. The van der Waals surface area contributed by atoms with Crippen LogP contribution in [-0.4, -0.2) is 36.3 Å². The molecule has 0 unspecified atom stereocenters. The monoisotopic (exact) mass is 336 g/mol. The zero-order valence-corrected chi connectivity index (χ0v) is 14.1. The molecule has 1 atom stereocenters. The van der Waals surface area contributed by atoms with Crippen LogP contribution in [0.4, 0.5) is 10.5 Å². The molecular formula is C15H20N4O3S. The Balaban J connectivity index is 1.94. The minimum atomic E-state index is -0.338. The normalized spacial score (nSPS) is 11.8. The van der Waals surface area contributed by atoms with Crippen molar-refractivity contribution in [2.45, 2.75) is 19.9 Å². The van der Waals surface area contributed by atoms with Crippen molar-refractivity contribution in [1.29, 1.82) is 0 Å². The van der Waals surface area contributed by atoms with Gasteiger partial charge >= 0.3 is 6.03 Å². The Kier molecular flexibility index (Phi) is 6.30. The Morgan fingerprint density at radius 2 is 2.26 bits per heavy atom. The molecule has 0 saturated carbocycles. The smallest absolute Gasteiger partial charge is 0.319 e. The van der Waals surface area contributed by atoms with E-state index < -0.39 is 0 Å². The Bertz CT molecular complexity index is 647. The number of aromatic nitrogens is 2. The molecule has 7 nitrogen and oxygen atoms in total. The first kappa shape index (κ1) is 17.2. The average molecular weight is 336 g/mol. The van der Waals surface area contributed by atoms with Crippen molar-refractivity contribution < 1.29 is 14.3 Å². The first-order valence-electron chi connectivity index (χ1n) is 7.16. The molecule has 0 aliphatic rings. The summed E-state index contributed by atoms with van der Waals surface area (Å²) in [4.78, 5) is 20.6. The Morgan fingerprint density at radius 1 is 1.43 bits per heavy atom. The average Bonchev–Trinajstić information content (AvgIpc) is 2.96. The van der Waals surface area contributed by atoms with Gasteiger partial charge in [-0.05, 0) is 26.0 Å². The van der Waals surface area contributed by atoms with E-state index in [-0.39, 0.29) is 12.1 Å². The van der Waals surface area contributed by atoms with Crippen LogP contribution in [0.15, 0.2) is 23.7 Å². The van der Waals surface area contributed by atoms with Gasteiger partial charge in [0.25, 0.3) is 0 Å². The van der Waals surface area contributed by atoms with Gasteiger partial charge in [-0.15, -0.1) is 11.3 Å². The quantitative estimate of drug-likeness (QED) is 0.759. The number of rotatable bonds is 7. The maximum Gasteiger partial charge on any atom is 0.319 e. The van der Waals surface area contributed by atoms with Gasteiger partial charge in [0.2, 0.25) is 5.88 Å². The first-order valence-corrected chi connectivity index (χ1v) is 8.04. The lowest BCUT2D eigenvalue weighted by Gasteiger charge is -2.14. The number of nitrogens with zero attached hydrogens (tertiary/aromatic N) is 2. The zero-order valence-electron chi connectivity index (χ0n) is 13.3. The van der Waals surface area contributed by atoms with Crippen LogP contribution in [-0.2, 0) is 4.74 Å².